The number of nitrogens with one attached hydrogen (secondary N) is 1. The minimum absolute atomic E-state index is 0.238. The van der Waals surface area contributed by atoms with E-state index in [1.54, 1.807) is 7.11 Å². The zero-order chi connectivity index (χ0) is 13.9. The van der Waals surface area contributed by atoms with Crippen molar-refractivity contribution in [2.45, 2.75) is 18.8 Å². The first-order valence-electron chi connectivity index (χ1n) is 6.09. The van der Waals surface area contributed by atoms with Gasteiger partial charge in [-0.2, -0.15) is 12.7 Å². The van der Waals surface area contributed by atoms with Gasteiger partial charge in [-0.15, -0.1) is 4.48 Å². The van der Waals surface area contributed by atoms with Crippen LogP contribution >= 0.6 is 0 Å². The maximum absolute atomic E-state index is 12.2. The number of benzene rings is 1. The normalized spacial score (nSPS) is 18.4. The Morgan fingerprint density at radius 2 is 1.95 bits per heavy atom. The fourth-order valence-electron chi connectivity index (χ4n) is 2.46. The summed E-state index contributed by atoms with van der Waals surface area (Å²) in [5.74, 6) is 1.05. The SMILES string of the molecule is COc1ccccc1C1CCN(S(=O)(=O)NF)CC1. The largest absolute Gasteiger partial charge is 0.496 e. The highest BCUT2D eigenvalue weighted by Gasteiger charge is 2.29. The van der Waals surface area contributed by atoms with Gasteiger partial charge in [0.2, 0.25) is 0 Å². The third-order valence-corrected chi connectivity index (χ3v) is 4.71. The van der Waals surface area contributed by atoms with Crippen LogP contribution in [0.1, 0.15) is 24.3 Å². The lowest BCUT2D eigenvalue weighted by molar-refractivity contribution is 0.294. The summed E-state index contributed by atoms with van der Waals surface area (Å²) in [7, 11) is -2.34. The Morgan fingerprint density at radius 1 is 1.32 bits per heavy atom. The molecule has 1 aliphatic heterocycles. The molecule has 0 atom stereocenters. The van der Waals surface area contributed by atoms with Crippen molar-refractivity contribution >= 4 is 10.2 Å². The number of halogens is 1. The van der Waals surface area contributed by atoms with E-state index in [9.17, 15) is 12.9 Å². The van der Waals surface area contributed by atoms with Crippen LogP contribution in [0.25, 0.3) is 0 Å². The maximum Gasteiger partial charge on any atom is 0.305 e. The van der Waals surface area contributed by atoms with Gasteiger partial charge in [-0.3, -0.25) is 0 Å². The summed E-state index contributed by atoms with van der Waals surface area (Å²) < 4.78 is 41.3. The molecular formula is C12H17FN2O3S. The minimum Gasteiger partial charge on any atom is -0.496 e. The number of piperidine rings is 1. The van der Waals surface area contributed by atoms with Gasteiger partial charge in [0, 0.05) is 13.1 Å². The Balaban J connectivity index is 2.08. The number of hydrogen-bond donors (Lipinski definition) is 1. The van der Waals surface area contributed by atoms with Crippen molar-refractivity contribution in [1.82, 2.24) is 9.25 Å². The van der Waals surface area contributed by atoms with Crippen LogP contribution in [0.2, 0.25) is 0 Å². The van der Waals surface area contributed by atoms with Gasteiger partial charge in [0.05, 0.1) is 7.11 Å². The maximum atomic E-state index is 12.2. The number of methoxy groups -OCH3 is 1. The summed E-state index contributed by atoms with van der Waals surface area (Å²) in [5, 5.41) is 0. The Bertz CT molecular complexity index is 528. The van der Waals surface area contributed by atoms with Crippen LogP contribution in [-0.2, 0) is 10.2 Å². The Labute approximate surface area is 112 Å². The molecule has 1 fully saturated rings. The van der Waals surface area contributed by atoms with Crippen molar-refractivity contribution in [3.63, 3.8) is 0 Å². The van der Waals surface area contributed by atoms with Crippen LogP contribution in [0.4, 0.5) is 4.48 Å². The molecule has 1 aliphatic rings. The standard InChI is InChI=1S/C12H17FN2O3S/c1-18-12-5-3-2-4-11(12)10-6-8-15(9-7-10)19(16,17)14-13/h2-5,10,14H,6-9H2,1H3. The van der Waals surface area contributed by atoms with Crippen LogP contribution in [-0.4, -0.2) is 32.9 Å². The lowest BCUT2D eigenvalue weighted by Gasteiger charge is -2.30. The van der Waals surface area contributed by atoms with Crippen molar-refractivity contribution in [2.75, 3.05) is 20.2 Å². The second-order valence-electron chi connectivity index (χ2n) is 4.50. The molecule has 1 heterocycles. The molecule has 1 aromatic carbocycles. The molecule has 0 saturated carbocycles. The lowest BCUT2D eigenvalue weighted by atomic mass is 9.89. The molecule has 1 saturated heterocycles. The third kappa shape index (κ3) is 3.05. The molecule has 2 rings (SSSR count). The molecule has 0 radical (unpaired) electrons. The van der Waals surface area contributed by atoms with Crippen molar-refractivity contribution < 1.29 is 17.6 Å². The second-order valence-corrected chi connectivity index (χ2v) is 6.12. The van der Waals surface area contributed by atoms with E-state index >= 15 is 0 Å². The zero-order valence-corrected chi connectivity index (χ0v) is 11.5. The number of nitrogens with zero attached hydrogens (tertiary/aromatic N) is 1. The molecule has 19 heavy (non-hydrogen) atoms. The molecule has 0 aromatic heterocycles. The first-order valence-corrected chi connectivity index (χ1v) is 7.53. The van der Waals surface area contributed by atoms with Crippen LogP contribution in [0.5, 0.6) is 5.75 Å². The van der Waals surface area contributed by atoms with Crippen LogP contribution in [0, 0.1) is 0 Å². The summed E-state index contributed by atoms with van der Waals surface area (Å²) in [6, 6.07) is 7.71. The second kappa shape index (κ2) is 5.85. The highest BCUT2D eigenvalue weighted by molar-refractivity contribution is 7.87. The van der Waals surface area contributed by atoms with E-state index in [1.165, 1.54) is 0 Å². The predicted molar refractivity (Wildman–Crippen MR) is 69.7 cm³/mol. The summed E-state index contributed by atoms with van der Waals surface area (Å²) in [6.45, 7) is 0.615. The average molecular weight is 288 g/mol. The predicted octanol–water partition coefficient (Wildman–Crippen LogP) is 1.59. The van der Waals surface area contributed by atoms with Crippen LogP contribution < -0.4 is 9.68 Å². The van der Waals surface area contributed by atoms with Gasteiger partial charge in [-0.25, -0.2) is 0 Å². The molecule has 106 valence electrons. The van der Waals surface area contributed by atoms with Crippen LogP contribution in [0.15, 0.2) is 24.3 Å². The van der Waals surface area contributed by atoms with Gasteiger partial charge in [-0.05, 0) is 35.3 Å². The number of ether oxygens (including phenoxy) is 1. The molecule has 0 aliphatic carbocycles. The van der Waals surface area contributed by atoms with E-state index in [0.717, 1.165) is 20.6 Å². The van der Waals surface area contributed by atoms with Crippen molar-refractivity contribution in [3.05, 3.63) is 29.8 Å². The van der Waals surface area contributed by atoms with Crippen molar-refractivity contribution in [3.8, 4) is 5.75 Å². The fourth-order valence-corrected chi connectivity index (χ4v) is 3.25. The Morgan fingerprint density at radius 3 is 2.53 bits per heavy atom. The first kappa shape index (κ1) is 14.2. The highest BCUT2D eigenvalue weighted by atomic mass is 32.2. The van der Waals surface area contributed by atoms with E-state index in [0.29, 0.717) is 25.9 Å². The molecule has 1 aromatic rings. The van der Waals surface area contributed by atoms with Gasteiger partial charge in [0.25, 0.3) is 0 Å². The lowest BCUT2D eigenvalue weighted by Crippen LogP contribution is -2.42. The van der Waals surface area contributed by atoms with Gasteiger partial charge >= 0.3 is 10.2 Å². The van der Waals surface area contributed by atoms with E-state index < -0.39 is 10.2 Å². The minimum atomic E-state index is -3.96. The van der Waals surface area contributed by atoms with Gasteiger partial charge < -0.3 is 4.74 Å². The number of hydrogen-bond acceptors (Lipinski definition) is 3. The summed E-state index contributed by atoms with van der Waals surface area (Å²) in [4.78, 5) is 0.862. The molecule has 5 nitrogen and oxygen atoms in total. The van der Waals surface area contributed by atoms with E-state index in [2.05, 4.69) is 0 Å². The van der Waals surface area contributed by atoms with Crippen molar-refractivity contribution in [2.24, 2.45) is 0 Å². The van der Waals surface area contributed by atoms with E-state index in [-0.39, 0.29) is 5.92 Å². The first-order chi connectivity index (χ1) is 9.08. The molecular weight excluding hydrogens is 271 g/mol. The average Bonchev–Trinajstić information content (AvgIpc) is 2.47. The highest BCUT2D eigenvalue weighted by Crippen LogP contribution is 2.34. The molecule has 1 N–H and O–H groups in total. The van der Waals surface area contributed by atoms with Gasteiger partial charge in [0.15, 0.2) is 0 Å². The smallest absolute Gasteiger partial charge is 0.305 e. The fraction of sp³-hybridized carbons (Fsp3) is 0.500. The third-order valence-electron chi connectivity index (χ3n) is 3.47. The molecule has 0 bridgehead atoms. The molecule has 0 unspecified atom stereocenters. The quantitative estimate of drug-likeness (QED) is 0.856. The van der Waals surface area contributed by atoms with Gasteiger partial charge in [-0.1, -0.05) is 18.2 Å². The van der Waals surface area contributed by atoms with Gasteiger partial charge in [0.1, 0.15) is 5.75 Å². The number of para-hydroxylation sites is 1. The van der Waals surface area contributed by atoms with E-state index in [4.69, 9.17) is 4.74 Å². The summed E-state index contributed by atoms with van der Waals surface area (Å²) >= 11 is 0. The zero-order valence-electron chi connectivity index (χ0n) is 10.7. The van der Waals surface area contributed by atoms with Crippen LogP contribution in [0.3, 0.4) is 0 Å². The number of rotatable bonds is 4. The molecule has 0 spiro atoms. The molecule has 0 amide bonds. The van der Waals surface area contributed by atoms with Crippen molar-refractivity contribution in [1.29, 1.82) is 0 Å². The molecule has 7 heteroatoms. The Hall–Kier alpha value is -1.18. The summed E-state index contributed by atoms with van der Waals surface area (Å²) in [6.07, 6.45) is 1.31. The Kier molecular flexibility index (Phi) is 4.38. The monoisotopic (exact) mass is 288 g/mol. The summed E-state index contributed by atoms with van der Waals surface area (Å²) in [5.41, 5.74) is 1.08. The topological polar surface area (TPSA) is 58.6 Å². The van der Waals surface area contributed by atoms with E-state index in [1.807, 2.05) is 24.3 Å².